The van der Waals surface area contributed by atoms with Crippen molar-refractivity contribution in [3.8, 4) is 0 Å². The number of hydrogen-bond acceptors (Lipinski definition) is 7. The Balaban J connectivity index is 2.07. The van der Waals surface area contributed by atoms with Crippen molar-refractivity contribution in [1.29, 1.82) is 0 Å². The van der Waals surface area contributed by atoms with Crippen molar-refractivity contribution in [2.75, 3.05) is 19.3 Å². The quantitative estimate of drug-likeness (QED) is 0.339. The van der Waals surface area contributed by atoms with Crippen molar-refractivity contribution >= 4 is 30.1 Å². The average Bonchev–Trinajstić information content (AvgIpc) is 3.05. The minimum absolute atomic E-state index is 0.00263. The molecule has 10 nitrogen and oxygen atoms in total. The molecule has 1 fully saturated rings. The molecule has 1 aromatic rings. The van der Waals surface area contributed by atoms with E-state index in [0.29, 0.717) is 18.5 Å². The lowest BCUT2D eigenvalue weighted by atomic mass is 10.2. The summed E-state index contributed by atoms with van der Waals surface area (Å²) in [6.07, 6.45) is 0.781. The molecule has 1 N–H and O–H groups in total. The highest BCUT2D eigenvalue weighted by Gasteiger charge is 2.44. The van der Waals surface area contributed by atoms with E-state index in [1.807, 2.05) is 0 Å². The molecule has 0 saturated carbocycles. The summed E-state index contributed by atoms with van der Waals surface area (Å²) in [5.41, 5.74) is 0.570. The maximum Gasteiger partial charge on any atom is 0.410 e. The smallest absolute Gasteiger partial charge is 0.410 e. The van der Waals surface area contributed by atoms with Gasteiger partial charge in [-0.25, -0.2) is 17.9 Å². The Morgan fingerprint density at radius 3 is 2.38 bits per heavy atom. The molecule has 180 valence electrons. The lowest BCUT2D eigenvalue weighted by Crippen LogP contribution is -2.45. The van der Waals surface area contributed by atoms with Crippen LogP contribution in [0.3, 0.4) is 0 Å². The summed E-state index contributed by atoms with van der Waals surface area (Å²) in [6, 6.07) is 5.36. The number of likely N-dealkylation sites (tertiary alicyclic amines) is 1. The van der Waals surface area contributed by atoms with Gasteiger partial charge >= 0.3 is 6.09 Å². The monoisotopic (exact) mass is 487 g/mol. The first-order valence-corrected chi connectivity index (χ1v) is 15.2. The van der Waals surface area contributed by atoms with E-state index in [-0.39, 0.29) is 30.0 Å². The van der Waals surface area contributed by atoms with Crippen LogP contribution in [0.15, 0.2) is 24.3 Å². The highest BCUT2D eigenvalue weighted by atomic mass is 32.2. The van der Waals surface area contributed by atoms with Gasteiger partial charge in [0.2, 0.25) is 10.0 Å². The van der Waals surface area contributed by atoms with Crippen LogP contribution in [-0.4, -0.2) is 64.1 Å². The van der Waals surface area contributed by atoms with Crippen molar-refractivity contribution in [3.63, 3.8) is 0 Å². The number of nitro groups is 1. The van der Waals surface area contributed by atoms with Gasteiger partial charge in [0.25, 0.3) is 5.69 Å². The van der Waals surface area contributed by atoms with Gasteiger partial charge in [-0.05, 0) is 42.2 Å². The predicted molar refractivity (Wildman–Crippen MR) is 123 cm³/mol. The number of sulfonamides is 1. The Hall–Kier alpha value is -2.02. The summed E-state index contributed by atoms with van der Waals surface area (Å²) < 4.78 is 37.5. The van der Waals surface area contributed by atoms with E-state index in [4.69, 9.17) is 9.16 Å². The SMILES string of the molecule is CC(C)(C)[Si](C)(C)O[C@@H]1C[C@@H](CNS(C)(=O)=O)N(C(=O)OCc2ccc([N+](=O)[O-])cc2)C1. The number of amides is 1. The van der Waals surface area contributed by atoms with Crippen molar-refractivity contribution in [2.24, 2.45) is 0 Å². The third-order valence-corrected chi connectivity index (χ3v) is 11.2. The Bertz CT molecular complexity index is 930. The molecule has 1 amide bonds. The molecule has 12 heteroatoms. The lowest BCUT2D eigenvalue weighted by molar-refractivity contribution is -0.384. The summed E-state index contributed by atoms with van der Waals surface area (Å²) in [6.45, 7) is 11.0. The lowest BCUT2D eigenvalue weighted by Gasteiger charge is -2.38. The van der Waals surface area contributed by atoms with Gasteiger partial charge in [0, 0.05) is 25.2 Å². The van der Waals surface area contributed by atoms with Gasteiger partial charge in [-0.3, -0.25) is 10.1 Å². The van der Waals surface area contributed by atoms with Gasteiger partial charge in [0.05, 0.1) is 23.3 Å². The normalized spacial score (nSPS) is 19.8. The largest absolute Gasteiger partial charge is 0.445 e. The van der Waals surface area contributed by atoms with Crippen molar-refractivity contribution in [2.45, 2.75) is 64.1 Å². The molecule has 1 aliphatic rings. The van der Waals surface area contributed by atoms with E-state index in [1.165, 1.54) is 29.2 Å². The number of rotatable bonds is 8. The van der Waals surface area contributed by atoms with Crippen LogP contribution in [0.5, 0.6) is 0 Å². The molecule has 0 spiro atoms. The molecule has 0 bridgehead atoms. The topological polar surface area (TPSA) is 128 Å². The number of carbonyl (C=O) groups excluding carboxylic acids is 1. The van der Waals surface area contributed by atoms with Gasteiger partial charge in [0.1, 0.15) is 6.61 Å². The van der Waals surface area contributed by atoms with E-state index in [0.717, 1.165) is 6.26 Å². The van der Waals surface area contributed by atoms with Crippen LogP contribution in [0, 0.1) is 10.1 Å². The molecule has 1 heterocycles. The van der Waals surface area contributed by atoms with E-state index in [9.17, 15) is 23.3 Å². The third kappa shape index (κ3) is 7.25. The Labute approximate surface area is 190 Å². The van der Waals surface area contributed by atoms with E-state index < -0.39 is 35.4 Å². The highest BCUT2D eigenvalue weighted by Crippen LogP contribution is 2.39. The molecule has 0 aromatic heterocycles. The first kappa shape index (κ1) is 26.2. The Morgan fingerprint density at radius 2 is 1.88 bits per heavy atom. The molecule has 32 heavy (non-hydrogen) atoms. The average molecular weight is 488 g/mol. The fourth-order valence-electron chi connectivity index (χ4n) is 3.16. The third-order valence-electron chi connectivity index (χ3n) is 5.97. The van der Waals surface area contributed by atoms with Gasteiger partial charge in [0.15, 0.2) is 8.32 Å². The van der Waals surface area contributed by atoms with Crippen LogP contribution in [0.2, 0.25) is 18.1 Å². The zero-order valence-electron chi connectivity index (χ0n) is 19.5. The molecule has 2 rings (SSSR count). The van der Waals surface area contributed by atoms with Gasteiger partial charge in [-0.15, -0.1) is 0 Å². The first-order chi connectivity index (χ1) is 14.6. The van der Waals surface area contributed by atoms with Gasteiger partial charge in [-0.1, -0.05) is 20.8 Å². The summed E-state index contributed by atoms with van der Waals surface area (Å²) in [5.74, 6) is 0. The molecule has 1 aliphatic heterocycles. The van der Waals surface area contributed by atoms with E-state index >= 15 is 0 Å². The fraction of sp³-hybridized carbons (Fsp3) is 0.650. The number of nitrogens with one attached hydrogen (secondary N) is 1. The van der Waals surface area contributed by atoms with Gasteiger partial charge in [-0.2, -0.15) is 0 Å². The van der Waals surface area contributed by atoms with Crippen molar-refractivity contribution in [3.05, 3.63) is 39.9 Å². The fourth-order valence-corrected chi connectivity index (χ4v) is 5.01. The second-order valence-corrected chi connectivity index (χ2v) is 16.2. The summed E-state index contributed by atoms with van der Waals surface area (Å²) in [4.78, 5) is 24.6. The highest BCUT2D eigenvalue weighted by molar-refractivity contribution is 7.88. The molecule has 1 aromatic carbocycles. The van der Waals surface area contributed by atoms with Crippen molar-refractivity contribution in [1.82, 2.24) is 9.62 Å². The summed E-state index contributed by atoms with van der Waals surface area (Å²) >= 11 is 0. The second kappa shape index (κ2) is 9.85. The van der Waals surface area contributed by atoms with Crippen LogP contribution < -0.4 is 4.72 Å². The van der Waals surface area contributed by atoms with Crippen LogP contribution in [-0.2, 0) is 25.8 Å². The molecular formula is C20H33N3O7SSi. The minimum Gasteiger partial charge on any atom is -0.445 e. The predicted octanol–water partition coefficient (Wildman–Crippen LogP) is 3.25. The summed E-state index contributed by atoms with van der Waals surface area (Å²) in [5, 5.41) is 10.8. The zero-order valence-corrected chi connectivity index (χ0v) is 21.3. The number of nitro benzene ring substituents is 1. The number of hydrogen-bond donors (Lipinski definition) is 1. The zero-order chi connectivity index (χ0) is 24.3. The van der Waals surface area contributed by atoms with Crippen LogP contribution >= 0.6 is 0 Å². The maximum absolute atomic E-state index is 12.8. The van der Waals surface area contributed by atoms with Crippen molar-refractivity contribution < 1.29 is 27.3 Å². The number of carbonyl (C=O) groups is 1. The summed E-state index contributed by atoms with van der Waals surface area (Å²) in [7, 11) is -5.50. The number of benzene rings is 1. The number of ether oxygens (including phenoxy) is 1. The van der Waals surface area contributed by atoms with Gasteiger partial charge < -0.3 is 14.1 Å². The molecule has 0 unspecified atom stereocenters. The second-order valence-electron chi connectivity index (χ2n) is 9.64. The number of nitrogens with zero attached hydrogens (tertiary/aromatic N) is 2. The van der Waals surface area contributed by atoms with Crippen LogP contribution in [0.1, 0.15) is 32.8 Å². The van der Waals surface area contributed by atoms with Crippen LogP contribution in [0.4, 0.5) is 10.5 Å². The number of non-ortho nitro benzene ring substituents is 1. The van der Waals surface area contributed by atoms with E-state index in [1.54, 1.807) is 0 Å². The Morgan fingerprint density at radius 1 is 1.28 bits per heavy atom. The maximum atomic E-state index is 12.8. The minimum atomic E-state index is -3.42. The first-order valence-electron chi connectivity index (χ1n) is 10.4. The van der Waals surface area contributed by atoms with Crippen LogP contribution in [0.25, 0.3) is 0 Å². The molecule has 0 radical (unpaired) electrons. The standard InChI is InChI=1S/C20H33N3O7SSi/c1-20(2,3)32(5,6)30-18-11-17(12-21-31(4,27)28)22(13-18)19(24)29-14-15-7-9-16(10-8-15)23(25)26/h7-10,17-18,21H,11-14H2,1-6H3/t17-,18+/m0/s1. The molecule has 1 saturated heterocycles. The molecule has 0 aliphatic carbocycles. The van der Waals surface area contributed by atoms with E-state index in [2.05, 4.69) is 38.6 Å². The molecule has 2 atom stereocenters. The molecular weight excluding hydrogens is 454 g/mol. The Kier molecular flexibility index (Phi) is 8.08.